The maximum Gasteiger partial charge on any atom is 0.490 e. The van der Waals surface area contributed by atoms with Crippen molar-refractivity contribution in [1.82, 2.24) is 15.3 Å². The van der Waals surface area contributed by atoms with E-state index in [0.29, 0.717) is 16.8 Å². The number of hydrogen-bond donors (Lipinski definition) is 4. The van der Waals surface area contributed by atoms with Crippen molar-refractivity contribution in [2.24, 2.45) is 0 Å². The molecule has 4 aromatic rings. The molecule has 0 saturated heterocycles. The second-order valence-electron chi connectivity index (χ2n) is 8.81. The van der Waals surface area contributed by atoms with Gasteiger partial charge in [-0.25, -0.2) is 14.6 Å². The fourth-order valence-corrected chi connectivity index (χ4v) is 4.05. The molecule has 224 valence electrons. The van der Waals surface area contributed by atoms with Crippen LogP contribution in [0.3, 0.4) is 0 Å². The Balaban J connectivity index is 0.000000289. The number of fused-ring (bicyclic) bond motifs is 2. The summed E-state index contributed by atoms with van der Waals surface area (Å²) < 4.78 is 69.4. The molecule has 1 aliphatic rings. The molecule has 0 spiro atoms. The smallest absolute Gasteiger partial charge is 0.475 e. The van der Waals surface area contributed by atoms with Gasteiger partial charge in [0.1, 0.15) is 11.5 Å². The summed E-state index contributed by atoms with van der Waals surface area (Å²) in [6.45, 7) is 0.790. The van der Waals surface area contributed by atoms with Crippen molar-refractivity contribution in [3.63, 3.8) is 0 Å². The Morgan fingerprint density at radius 3 is 2.02 bits per heavy atom. The zero-order chi connectivity index (χ0) is 31.1. The number of alkyl halides is 6. The van der Waals surface area contributed by atoms with Crippen molar-refractivity contribution in [1.29, 1.82) is 0 Å². The van der Waals surface area contributed by atoms with Crippen LogP contribution in [0.4, 0.5) is 26.3 Å². The number of hydrogen-bond acceptors (Lipinski definition) is 5. The van der Waals surface area contributed by atoms with E-state index in [4.69, 9.17) is 36.1 Å². The number of aromatic amines is 1. The Hall–Kier alpha value is -4.30. The fourth-order valence-electron chi connectivity index (χ4n) is 3.80. The Morgan fingerprint density at radius 2 is 1.50 bits per heavy atom. The van der Waals surface area contributed by atoms with Gasteiger partial charge in [0.2, 0.25) is 0 Å². The molecule has 0 aliphatic heterocycles. The van der Waals surface area contributed by atoms with Gasteiger partial charge in [-0.3, -0.25) is 0 Å². The number of carbonyl (C=O) groups is 2. The number of halogens is 7. The van der Waals surface area contributed by atoms with Crippen LogP contribution < -0.4 is 10.1 Å². The topological polar surface area (TPSA) is 125 Å². The Bertz CT molecular complexity index is 1490. The van der Waals surface area contributed by atoms with Crippen LogP contribution in [0.15, 0.2) is 67.0 Å². The van der Waals surface area contributed by atoms with Crippen LogP contribution in [0.1, 0.15) is 16.7 Å². The normalized spacial score (nSPS) is 12.9. The number of carboxylic acids is 2. The zero-order valence-corrected chi connectivity index (χ0v) is 22.0. The minimum atomic E-state index is -5.08. The van der Waals surface area contributed by atoms with E-state index in [-0.39, 0.29) is 0 Å². The SMILES string of the molecule is Clc1cc(CNC2Cc3ccccc3C2)ccc1Oc1ccc2[nH]cnc2c1.O=C(O)C(F)(F)F.O=C(O)C(F)(F)F. The van der Waals surface area contributed by atoms with E-state index in [1.165, 1.54) is 11.1 Å². The second-order valence-corrected chi connectivity index (χ2v) is 9.22. The number of H-pyrrole nitrogens is 1. The molecule has 1 heterocycles. The monoisotopic (exact) mass is 617 g/mol. The highest BCUT2D eigenvalue weighted by atomic mass is 35.5. The van der Waals surface area contributed by atoms with Gasteiger partial charge in [0.15, 0.2) is 0 Å². The zero-order valence-electron chi connectivity index (χ0n) is 21.3. The van der Waals surface area contributed by atoms with Crippen LogP contribution in [0.5, 0.6) is 11.5 Å². The average molecular weight is 618 g/mol. The highest BCUT2D eigenvalue weighted by molar-refractivity contribution is 6.32. The minimum Gasteiger partial charge on any atom is -0.475 e. The number of benzene rings is 3. The van der Waals surface area contributed by atoms with Crippen LogP contribution in [-0.4, -0.2) is 50.5 Å². The van der Waals surface area contributed by atoms with E-state index >= 15 is 0 Å². The molecule has 0 unspecified atom stereocenters. The van der Waals surface area contributed by atoms with Gasteiger partial charge in [0.05, 0.1) is 22.4 Å². The highest BCUT2D eigenvalue weighted by Gasteiger charge is 2.38. The van der Waals surface area contributed by atoms with Gasteiger partial charge >= 0.3 is 24.3 Å². The molecular formula is C27H22ClF6N3O5. The molecule has 0 bridgehead atoms. The third kappa shape index (κ3) is 9.38. The van der Waals surface area contributed by atoms with E-state index in [1.807, 2.05) is 30.3 Å². The van der Waals surface area contributed by atoms with E-state index < -0.39 is 24.3 Å². The Morgan fingerprint density at radius 1 is 0.929 bits per heavy atom. The first-order valence-electron chi connectivity index (χ1n) is 11.9. The predicted molar refractivity (Wildman–Crippen MR) is 139 cm³/mol. The number of rotatable bonds is 5. The van der Waals surface area contributed by atoms with Gasteiger partial charge in [-0.15, -0.1) is 0 Å². The van der Waals surface area contributed by atoms with Gasteiger partial charge in [-0.05, 0) is 53.8 Å². The summed E-state index contributed by atoms with van der Waals surface area (Å²) in [5, 5.41) is 18.5. The van der Waals surface area contributed by atoms with E-state index in [9.17, 15) is 26.3 Å². The van der Waals surface area contributed by atoms with Crippen molar-refractivity contribution >= 4 is 34.6 Å². The summed E-state index contributed by atoms with van der Waals surface area (Å²) in [7, 11) is 0. The molecule has 0 radical (unpaired) electrons. The Kier molecular flexibility index (Phi) is 10.4. The third-order valence-corrected chi connectivity index (χ3v) is 6.04. The van der Waals surface area contributed by atoms with E-state index in [2.05, 4.69) is 45.6 Å². The lowest BCUT2D eigenvalue weighted by Crippen LogP contribution is -2.28. The van der Waals surface area contributed by atoms with Crippen LogP contribution >= 0.6 is 11.6 Å². The van der Waals surface area contributed by atoms with Crippen molar-refractivity contribution in [2.75, 3.05) is 0 Å². The quantitative estimate of drug-likeness (QED) is 0.188. The standard InChI is InChI=1S/C23H20ClN3O.2C2HF3O2/c24-20-9-15(13-25-18-10-16-3-1-2-4-17(16)11-18)5-8-23(20)28-19-6-7-21-22(12-19)27-14-26-21;2*3-2(4,5)1(6)7/h1-9,12,14,18,25H,10-11,13H2,(H,26,27);2*(H,6,7). The predicted octanol–water partition coefficient (Wildman–Crippen LogP) is 6.53. The van der Waals surface area contributed by atoms with Gasteiger partial charge in [-0.1, -0.05) is 41.9 Å². The molecule has 0 atom stereocenters. The van der Waals surface area contributed by atoms with Gasteiger partial charge in [0, 0.05) is 18.7 Å². The number of nitrogens with one attached hydrogen (secondary N) is 2. The maximum atomic E-state index is 10.6. The molecule has 5 rings (SSSR count). The summed E-state index contributed by atoms with van der Waals surface area (Å²) in [6.07, 6.45) is -6.33. The lowest BCUT2D eigenvalue weighted by molar-refractivity contribution is -0.193. The second kappa shape index (κ2) is 13.6. The van der Waals surface area contributed by atoms with Crippen LogP contribution in [0, 0.1) is 0 Å². The molecule has 3 aromatic carbocycles. The van der Waals surface area contributed by atoms with Crippen LogP contribution in [0.2, 0.25) is 5.02 Å². The summed E-state index contributed by atoms with van der Waals surface area (Å²) in [5.74, 6) is -4.15. The summed E-state index contributed by atoms with van der Waals surface area (Å²) in [5.41, 5.74) is 5.91. The van der Waals surface area contributed by atoms with Gasteiger partial charge in [0.25, 0.3) is 0 Å². The van der Waals surface area contributed by atoms with Crippen molar-refractivity contribution in [3.8, 4) is 11.5 Å². The van der Waals surface area contributed by atoms with Gasteiger partial charge in [-0.2, -0.15) is 26.3 Å². The molecule has 42 heavy (non-hydrogen) atoms. The van der Waals surface area contributed by atoms with Crippen molar-refractivity contribution < 1.29 is 50.9 Å². The molecule has 15 heteroatoms. The molecule has 1 aliphatic carbocycles. The van der Waals surface area contributed by atoms with Crippen LogP contribution in [0.25, 0.3) is 11.0 Å². The lowest BCUT2D eigenvalue weighted by atomic mass is 10.1. The first-order chi connectivity index (χ1) is 19.6. The Labute approximate surface area is 238 Å². The summed E-state index contributed by atoms with van der Waals surface area (Å²) >= 11 is 6.47. The highest BCUT2D eigenvalue weighted by Crippen LogP contribution is 2.31. The lowest BCUT2D eigenvalue weighted by Gasteiger charge is -2.13. The number of carboxylic acid groups (broad SMARTS) is 2. The van der Waals surface area contributed by atoms with E-state index in [1.54, 1.807) is 6.33 Å². The van der Waals surface area contributed by atoms with Crippen molar-refractivity contribution in [2.45, 2.75) is 37.8 Å². The number of ether oxygens (including phenoxy) is 1. The van der Waals surface area contributed by atoms with Crippen molar-refractivity contribution in [3.05, 3.63) is 88.7 Å². The number of imidazole rings is 1. The van der Waals surface area contributed by atoms with Crippen LogP contribution in [-0.2, 0) is 29.0 Å². The first kappa shape index (κ1) is 32.2. The van der Waals surface area contributed by atoms with E-state index in [0.717, 1.165) is 41.7 Å². The molecule has 4 N–H and O–H groups in total. The molecule has 0 amide bonds. The number of aliphatic carboxylic acids is 2. The summed E-state index contributed by atoms with van der Waals surface area (Å²) in [4.78, 5) is 25.1. The molecule has 0 saturated carbocycles. The third-order valence-electron chi connectivity index (χ3n) is 5.75. The molecular weight excluding hydrogens is 596 g/mol. The number of nitrogens with zero attached hydrogens (tertiary/aromatic N) is 1. The average Bonchev–Trinajstić information content (AvgIpc) is 3.55. The first-order valence-corrected chi connectivity index (χ1v) is 12.3. The largest absolute Gasteiger partial charge is 0.490 e. The molecule has 8 nitrogen and oxygen atoms in total. The molecule has 1 aromatic heterocycles. The minimum absolute atomic E-state index is 0.479. The fraction of sp³-hybridized carbons (Fsp3) is 0.222. The number of aromatic nitrogens is 2. The summed E-state index contributed by atoms with van der Waals surface area (Å²) in [6, 6.07) is 20.9. The maximum absolute atomic E-state index is 10.6. The molecule has 0 fully saturated rings. The van der Waals surface area contributed by atoms with Gasteiger partial charge < -0.3 is 25.3 Å².